The van der Waals surface area contributed by atoms with E-state index in [9.17, 15) is 8.42 Å². The maximum Gasteiger partial charge on any atom is 0.261 e. The van der Waals surface area contributed by atoms with Gasteiger partial charge in [-0.2, -0.15) is 0 Å². The van der Waals surface area contributed by atoms with Gasteiger partial charge in [0.2, 0.25) is 0 Å². The van der Waals surface area contributed by atoms with E-state index in [1.165, 1.54) is 12.1 Å². The van der Waals surface area contributed by atoms with E-state index in [-0.39, 0.29) is 4.90 Å². The average molecular weight is 350 g/mol. The molecule has 0 amide bonds. The molecule has 0 unspecified atom stereocenters. The Morgan fingerprint density at radius 3 is 2.57 bits per heavy atom. The highest BCUT2D eigenvalue weighted by Gasteiger charge is 2.16. The monoisotopic (exact) mass is 349 g/mol. The second-order valence-electron chi connectivity index (χ2n) is 5.45. The SMILES string of the molecule is Cc1ccc(S(=O)(=O)Nc2ccc3nc(C)c(C)n3c2)cc1Cl. The van der Waals surface area contributed by atoms with Crippen LogP contribution in [0.2, 0.25) is 5.02 Å². The van der Waals surface area contributed by atoms with Gasteiger partial charge in [0.1, 0.15) is 5.65 Å². The summed E-state index contributed by atoms with van der Waals surface area (Å²) >= 11 is 6.02. The van der Waals surface area contributed by atoms with Crippen LogP contribution >= 0.6 is 11.6 Å². The highest BCUT2D eigenvalue weighted by atomic mass is 35.5. The third-order valence-corrected chi connectivity index (χ3v) is 5.59. The van der Waals surface area contributed by atoms with Gasteiger partial charge in [-0.15, -0.1) is 0 Å². The van der Waals surface area contributed by atoms with Gasteiger partial charge in [0.25, 0.3) is 10.0 Å². The van der Waals surface area contributed by atoms with Gasteiger partial charge in [-0.1, -0.05) is 17.7 Å². The first-order valence-electron chi connectivity index (χ1n) is 7.02. The number of nitrogens with zero attached hydrogens (tertiary/aromatic N) is 2. The Balaban J connectivity index is 1.99. The Labute approximate surface area is 140 Å². The quantitative estimate of drug-likeness (QED) is 0.783. The van der Waals surface area contributed by atoms with E-state index in [0.29, 0.717) is 10.7 Å². The minimum atomic E-state index is -3.70. The number of nitrogens with one attached hydrogen (secondary N) is 1. The van der Waals surface area contributed by atoms with Crippen molar-refractivity contribution in [2.45, 2.75) is 25.7 Å². The fourth-order valence-electron chi connectivity index (χ4n) is 2.29. The summed E-state index contributed by atoms with van der Waals surface area (Å²) in [5.41, 5.74) is 3.96. The lowest BCUT2D eigenvalue weighted by molar-refractivity contribution is 0.601. The minimum Gasteiger partial charge on any atom is -0.302 e. The molecule has 5 nitrogen and oxygen atoms in total. The smallest absolute Gasteiger partial charge is 0.261 e. The van der Waals surface area contributed by atoms with E-state index in [1.54, 1.807) is 24.4 Å². The van der Waals surface area contributed by atoms with Crippen LogP contribution in [0.5, 0.6) is 0 Å². The summed E-state index contributed by atoms with van der Waals surface area (Å²) in [6.07, 6.45) is 1.72. The van der Waals surface area contributed by atoms with Gasteiger partial charge in [0.15, 0.2) is 0 Å². The third kappa shape index (κ3) is 2.92. The molecule has 0 saturated carbocycles. The zero-order chi connectivity index (χ0) is 16.8. The summed E-state index contributed by atoms with van der Waals surface area (Å²) in [5.74, 6) is 0. The zero-order valence-corrected chi connectivity index (χ0v) is 14.5. The van der Waals surface area contributed by atoms with Crippen LogP contribution in [0.4, 0.5) is 5.69 Å². The molecule has 3 aromatic rings. The highest BCUT2D eigenvalue weighted by molar-refractivity contribution is 7.92. The van der Waals surface area contributed by atoms with Crippen molar-refractivity contribution in [2.75, 3.05) is 4.72 Å². The molecule has 0 bridgehead atoms. The van der Waals surface area contributed by atoms with Gasteiger partial charge in [-0.25, -0.2) is 13.4 Å². The van der Waals surface area contributed by atoms with E-state index >= 15 is 0 Å². The van der Waals surface area contributed by atoms with Crippen LogP contribution in [-0.4, -0.2) is 17.8 Å². The molecule has 2 heterocycles. The zero-order valence-electron chi connectivity index (χ0n) is 13.0. The lowest BCUT2D eigenvalue weighted by Gasteiger charge is -2.10. The fourth-order valence-corrected chi connectivity index (χ4v) is 3.61. The second-order valence-corrected chi connectivity index (χ2v) is 7.53. The summed E-state index contributed by atoms with van der Waals surface area (Å²) in [6, 6.07) is 8.14. The molecule has 0 fully saturated rings. The first-order valence-corrected chi connectivity index (χ1v) is 8.88. The van der Waals surface area contributed by atoms with Crippen LogP contribution in [-0.2, 0) is 10.0 Å². The van der Waals surface area contributed by atoms with E-state index < -0.39 is 10.0 Å². The molecule has 3 rings (SSSR count). The average Bonchev–Trinajstić information content (AvgIpc) is 2.77. The number of sulfonamides is 1. The number of aromatic nitrogens is 2. The molecule has 2 aromatic heterocycles. The summed E-state index contributed by atoms with van der Waals surface area (Å²) in [4.78, 5) is 4.53. The Morgan fingerprint density at radius 1 is 1.13 bits per heavy atom. The van der Waals surface area contributed by atoms with Crippen LogP contribution < -0.4 is 4.72 Å². The number of hydrogen-bond donors (Lipinski definition) is 1. The van der Waals surface area contributed by atoms with E-state index in [4.69, 9.17) is 11.6 Å². The maximum absolute atomic E-state index is 12.5. The first kappa shape index (κ1) is 15.8. The molecular weight excluding hydrogens is 334 g/mol. The Kier molecular flexibility index (Phi) is 3.82. The van der Waals surface area contributed by atoms with Gasteiger partial charge in [-0.3, -0.25) is 4.72 Å². The summed E-state index contributed by atoms with van der Waals surface area (Å²) in [7, 11) is -3.70. The number of anilines is 1. The summed E-state index contributed by atoms with van der Waals surface area (Å²) in [6.45, 7) is 5.68. The van der Waals surface area contributed by atoms with Gasteiger partial charge >= 0.3 is 0 Å². The van der Waals surface area contributed by atoms with E-state index in [2.05, 4.69) is 9.71 Å². The predicted octanol–water partition coefficient (Wildman–Crippen LogP) is 3.71. The number of pyridine rings is 1. The number of fused-ring (bicyclic) bond motifs is 1. The molecule has 7 heteroatoms. The molecule has 1 N–H and O–H groups in total. The molecule has 0 atom stereocenters. The largest absolute Gasteiger partial charge is 0.302 e. The third-order valence-electron chi connectivity index (χ3n) is 3.80. The van der Waals surface area contributed by atoms with Crippen molar-refractivity contribution in [3.63, 3.8) is 0 Å². The van der Waals surface area contributed by atoms with Gasteiger partial charge in [0.05, 0.1) is 16.3 Å². The number of hydrogen-bond acceptors (Lipinski definition) is 3. The van der Waals surface area contributed by atoms with Crippen LogP contribution in [0, 0.1) is 20.8 Å². The lowest BCUT2D eigenvalue weighted by atomic mass is 10.2. The van der Waals surface area contributed by atoms with Crippen molar-refractivity contribution in [2.24, 2.45) is 0 Å². The fraction of sp³-hybridized carbons (Fsp3) is 0.188. The molecule has 0 aliphatic carbocycles. The van der Waals surface area contributed by atoms with Gasteiger partial charge < -0.3 is 4.40 Å². The number of halogens is 1. The van der Waals surface area contributed by atoms with Crippen LogP contribution in [0.3, 0.4) is 0 Å². The number of benzene rings is 1. The maximum atomic E-state index is 12.5. The number of imidazole rings is 1. The van der Waals surface area contributed by atoms with Crippen molar-refractivity contribution in [1.82, 2.24) is 9.38 Å². The molecular formula is C16H16ClN3O2S. The molecule has 120 valence electrons. The molecule has 0 aliphatic heterocycles. The molecule has 0 radical (unpaired) electrons. The Bertz CT molecular complexity index is 1010. The highest BCUT2D eigenvalue weighted by Crippen LogP contribution is 2.23. The summed E-state index contributed by atoms with van der Waals surface area (Å²) in [5, 5.41) is 0.421. The molecule has 1 aromatic carbocycles. The minimum absolute atomic E-state index is 0.131. The topological polar surface area (TPSA) is 63.5 Å². The Hall–Kier alpha value is -2.05. The molecule has 23 heavy (non-hydrogen) atoms. The molecule has 0 aliphatic rings. The Morgan fingerprint density at radius 2 is 1.87 bits per heavy atom. The van der Waals surface area contributed by atoms with Crippen molar-refractivity contribution in [3.8, 4) is 0 Å². The van der Waals surface area contributed by atoms with Crippen LogP contribution in [0.25, 0.3) is 5.65 Å². The van der Waals surface area contributed by atoms with E-state index in [1.807, 2.05) is 25.2 Å². The standard InChI is InChI=1S/C16H16ClN3O2S/c1-10-4-6-14(8-15(10)17)23(21,22)19-13-5-7-16-18-11(2)12(3)20(16)9-13/h4-9,19H,1-3H3. The van der Waals surface area contributed by atoms with Crippen LogP contribution in [0.1, 0.15) is 17.0 Å². The van der Waals surface area contributed by atoms with Crippen molar-refractivity contribution in [3.05, 3.63) is 58.5 Å². The first-order chi connectivity index (χ1) is 10.8. The van der Waals surface area contributed by atoms with Crippen molar-refractivity contribution < 1.29 is 8.42 Å². The second kappa shape index (κ2) is 5.54. The van der Waals surface area contributed by atoms with Crippen molar-refractivity contribution >= 4 is 33.0 Å². The molecule has 0 spiro atoms. The van der Waals surface area contributed by atoms with E-state index in [0.717, 1.165) is 22.6 Å². The normalized spacial score (nSPS) is 11.8. The number of rotatable bonds is 3. The summed E-state index contributed by atoms with van der Waals surface area (Å²) < 4.78 is 29.4. The van der Waals surface area contributed by atoms with Crippen molar-refractivity contribution in [1.29, 1.82) is 0 Å². The number of aryl methyl sites for hydroxylation is 3. The van der Waals surface area contributed by atoms with Crippen LogP contribution in [0.15, 0.2) is 41.4 Å². The lowest BCUT2D eigenvalue weighted by Crippen LogP contribution is -2.13. The predicted molar refractivity (Wildman–Crippen MR) is 91.7 cm³/mol. The van der Waals surface area contributed by atoms with Gasteiger partial charge in [0, 0.05) is 16.9 Å². The molecule has 0 saturated heterocycles. The van der Waals surface area contributed by atoms with Gasteiger partial charge in [-0.05, 0) is 50.6 Å².